The molecule has 0 aliphatic heterocycles. The Hall–Kier alpha value is -1.09. The Bertz CT molecular complexity index is 388. The van der Waals surface area contributed by atoms with Gasteiger partial charge in [0.25, 0.3) is 0 Å². The highest BCUT2D eigenvalue weighted by Crippen LogP contribution is 2.36. The summed E-state index contributed by atoms with van der Waals surface area (Å²) in [5, 5.41) is 0.213. The predicted molar refractivity (Wildman–Crippen MR) is 57.2 cm³/mol. The Balaban J connectivity index is 2.31. The maximum Gasteiger partial charge on any atom is 0.341 e. The van der Waals surface area contributed by atoms with E-state index in [4.69, 9.17) is 11.6 Å². The summed E-state index contributed by atoms with van der Waals surface area (Å²) < 4.78 is 4.64. The van der Waals surface area contributed by atoms with Crippen LogP contribution in [0.5, 0.6) is 0 Å². The molecule has 0 spiro atoms. The molecule has 0 N–H and O–H groups in total. The highest BCUT2D eigenvalue weighted by molar-refractivity contribution is 6.32. The molecular weight excluding hydrogens is 214 g/mol. The smallest absolute Gasteiger partial charge is 0.341 e. The molecule has 2 rings (SSSR count). The van der Waals surface area contributed by atoms with E-state index in [-0.39, 0.29) is 5.15 Å². The second kappa shape index (κ2) is 4.19. The fourth-order valence-electron chi connectivity index (χ4n) is 1.68. The van der Waals surface area contributed by atoms with Crippen LogP contribution in [-0.2, 0) is 4.74 Å². The van der Waals surface area contributed by atoms with E-state index in [1.165, 1.54) is 26.4 Å². The average Bonchev–Trinajstić information content (AvgIpc) is 2.17. The second-order valence-electron chi connectivity index (χ2n) is 3.73. The Kier molecular flexibility index (Phi) is 2.91. The van der Waals surface area contributed by atoms with Crippen molar-refractivity contribution in [3.8, 4) is 0 Å². The van der Waals surface area contributed by atoms with Crippen LogP contribution in [-0.4, -0.2) is 18.1 Å². The molecule has 0 aromatic carbocycles. The SMILES string of the molecule is COC(=O)c1cc(C2CCC2)cnc1Cl. The monoisotopic (exact) mass is 225 g/mol. The van der Waals surface area contributed by atoms with Gasteiger partial charge in [-0.25, -0.2) is 9.78 Å². The summed E-state index contributed by atoms with van der Waals surface area (Å²) in [5.41, 5.74) is 1.45. The first-order valence-corrected chi connectivity index (χ1v) is 5.34. The summed E-state index contributed by atoms with van der Waals surface area (Å²) in [6.07, 6.45) is 5.34. The van der Waals surface area contributed by atoms with Crippen molar-refractivity contribution in [1.29, 1.82) is 0 Å². The van der Waals surface area contributed by atoms with E-state index in [2.05, 4.69) is 9.72 Å². The standard InChI is InChI=1S/C11H12ClNO2/c1-15-11(14)9-5-8(6-13-10(9)12)7-3-2-4-7/h5-7H,2-4H2,1H3. The summed E-state index contributed by atoms with van der Waals surface area (Å²) in [7, 11) is 1.34. The minimum Gasteiger partial charge on any atom is -0.465 e. The molecule has 1 aliphatic rings. The van der Waals surface area contributed by atoms with Crippen LogP contribution in [0.4, 0.5) is 0 Å². The maximum atomic E-state index is 11.4. The van der Waals surface area contributed by atoms with Crippen LogP contribution in [0, 0.1) is 0 Å². The third kappa shape index (κ3) is 1.97. The van der Waals surface area contributed by atoms with Gasteiger partial charge in [0.05, 0.1) is 12.7 Å². The van der Waals surface area contributed by atoms with Crippen LogP contribution in [0.3, 0.4) is 0 Å². The molecule has 1 aromatic rings. The van der Waals surface area contributed by atoms with E-state index < -0.39 is 5.97 Å². The van der Waals surface area contributed by atoms with Crippen molar-refractivity contribution in [3.05, 3.63) is 28.5 Å². The summed E-state index contributed by atoms with van der Waals surface area (Å²) in [6.45, 7) is 0. The zero-order chi connectivity index (χ0) is 10.8. The highest BCUT2D eigenvalue weighted by Gasteiger charge is 2.22. The first-order chi connectivity index (χ1) is 7.22. The molecule has 4 heteroatoms. The lowest BCUT2D eigenvalue weighted by Gasteiger charge is -2.25. The van der Waals surface area contributed by atoms with Crippen molar-refractivity contribution in [3.63, 3.8) is 0 Å². The fraction of sp³-hybridized carbons (Fsp3) is 0.455. The van der Waals surface area contributed by atoms with Gasteiger partial charge in [-0.05, 0) is 30.4 Å². The van der Waals surface area contributed by atoms with Crippen LogP contribution in [0.2, 0.25) is 5.15 Å². The topological polar surface area (TPSA) is 39.2 Å². The number of nitrogens with zero attached hydrogens (tertiary/aromatic N) is 1. The van der Waals surface area contributed by atoms with E-state index in [9.17, 15) is 4.79 Å². The predicted octanol–water partition coefficient (Wildman–Crippen LogP) is 2.79. The van der Waals surface area contributed by atoms with Crippen LogP contribution in [0.1, 0.15) is 41.1 Å². The number of hydrogen-bond acceptors (Lipinski definition) is 3. The van der Waals surface area contributed by atoms with Crippen molar-refractivity contribution in [2.24, 2.45) is 0 Å². The van der Waals surface area contributed by atoms with Gasteiger partial charge in [0, 0.05) is 6.20 Å². The zero-order valence-corrected chi connectivity index (χ0v) is 9.25. The van der Waals surface area contributed by atoms with Gasteiger partial charge in [-0.15, -0.1) is 0 Å². The Morgan fingerprint density at radius 3 is 2.87 bits per heavy atom. The van der Waals surface area contributed by atoms with Gasteiger partial charge >= 0.3 is 5.97 Å². The molecule has 1 aromatic heterocycles. The van der Waals surface area contributed by atoms with Crippen LogP contribution >= 0.6 is 11.6 Å². The lowest BCUT2D eigenvalue weighted by atomic mass is 9.80. The van der Waals surface area contributed by atoms with Crippen molar-refractivity contribution < 1.29 is 9.53 Å². The highest BCUT2D eigenvalue weighted by atomic mass is 35.5. The molecule has 1 fully saturated rings. The van der Waals surface area contributed by atoms with Crippen molar-refractivity contribution >= 4 is 17.6 Å². The zero-order valence-electron chi connectivity index (χ0n) is 8.50. The van der Waals surface area contributed by atoms with E-state index in [1.54, 1.807) is 12.3 Å². The van der Waals surface area contributed by atoms with Crippen LogP contribution in [0.25, 0.3) is 0 Å². The van der Waals surface area contributed by atoms with E-state index in [0.717, 1.165) is 5.56 Å². The molecule has 0 unspecified atom stereocenters. The van der Waals surface area contributed by atoms with Crippen molar-refractivity contribution in [2.45, 2.75) is 25.2 Å². The Morgan fingerprint density at radius 1 is 1.60 bits per heavy atom. The molecule has 0 bridgehead atoms. The minimum atomic E-state index is -0.423. The van der Waals surface area contributed by atoms with Gasteiger partial charge in [-0.2, -0.15) is 0 Å². The molecule has 3 nitrogen and oxygen atoms in total. The molecule has 1 saturated carbocycles. The number of aromatic nitrogens is 1. The molecule has 80 valence electrons. The fourth-order valence-corrected chi connectivity index (χ4v) is 1.86. The summed E-state index contributed by atoms with van der Waals surface area (Å²) >= 11 is 5.82. The van der Waals surface area contributed by atoms with E-state index in [1.807, 2.05) is 0 Å². The number of esters is 1. The van der Waals surface area contributed by atoms with Gasteiger partial charge in [0.2, 0.25) is 0 Å². The number of ether oxygens (including phenoxy) is 1. The molecule has 1 aliphatic carbocycles. The summed E-state index contributed by atoms with van der Waals surface area (Å²) in [6, 6.07) is 1.80. The third-order valence-corrected chi connectivity index (χ3v) is 3.14. The molecule has 0 saturated heterocycles. The van der Waals surface area contributed by atoms with Crippen LogP contribution < -0.4 is 0 Å². The number of carbonyl (C=O) groups excluding carboxylic acids is 1. The lowest BCUT2D eigenvalue weighted by molar-refractivity contribution is 0.0600. The lowest BCUT2D eigenvalue weighted by Crippen LogP contribution is -2.11. The van der Waals surface area contributed by atoms with E-state index >= 15 is 0 Å². The number of halogens is 1. The molecule has 0 amide bonds. The molecule has 0 atom stereocenters. The van der Waals surface area contributed by atoms with Crippen molar-refractivity contribution in [1.82, 2.24) is 4.98 Å². The summed E-state index contributed by atoms with van der Waals surface area (Å²) in [4.78, 5) is 15.4. The molecular formula is C11H12ClNO2. The quantitative estimate of drug-likeness (QED) is 0.574. The Labute approximate surface area is 93.4 Å². The Morgan fingerprint density at radius 2 is 2.33 bits per heavy atom. The third-order valence-electron chi connectivity index (χ3n) is 2.84. The van der Waals surface area contributed by atoms with Gasteiger partial charge in [0.15, 0.2) is 0 Å². The second-order valence-corrected chi connectivity index (χ2v) is 4.08. The number of methoxy groups -OCH3 is 1. The van der Waals surface area contributed by atoms with Gasteiger partial charge in [-0.1, -0.05) is 18.0 Å². The number of rotatable bonds is 2. The van der Waals surface area contributed by atoms with Crippen LogP contribution in [0.15, 0.2) is 12.3 Å². The van der Waals surface area contributed by atoms with Gasteiger partial charge in [-0.3, -0.25) is 0 Å². The first kappa shape index (κ1) is 10.4. The molecule has 1 heterocycles. The normalized spacial score (nSPS) is 15.9. The van der Waals surface area contributed by atoms with Gasteiger partial charge < -0.3 is 4.74 Å². The number of carbonyl (C=O) groups is 1. The number of hydrogen-bond donors (Lipinski definition) is 0. The minimum absolute atomic E-state index is 0.213. The number of pyridine rings is 1. The molecule has 15 heavy (non-hydrogen) atoms. The van der Waals surface area contributed by atoms with E-state index in [0.29, 0.717) is 11.5 Å². The molecule has 0 radical (unpaired) electrons. The average molecular weight is 226 g/mol. The summed E-state index contributed by atoms with van der Waals surface area (Å²) in [5.74, 6) is 0.117. The van der Waals surface area contributed by atoms with Crippen molar-refractivity contribution in [2.75, 3.05) is 7.11 Å². The maximum absolute atomic E-state index is 11.4. The van der Waals surface area contributed by atoms with Gasteiger partial charge in [0.1, 0.15) is 5.15 Å². The first-order valence-electron chi connectivity index (χ1n) is 4.96. The largest absolute Gasteiger partial charge is 0.465 e.